The van der Waals surface area contributed by atoms with Crippen molar-refractivity contribution in [2.75, 3.05) is 0 Å². The van der Waals surface area contributed by atoms with Crippen molar-refractivity contribution in [2.45, 2.75) is 20.4 Å². The molecule has 1 aromatic rings. The number of hydrogen-bond donors (Lipinski definition) is 2. The quantitative estimate of drug-likeness (QED) is 0.533. The van der Waals surface area contributed by atoms with Crippen LogP contribution in [-0.4, -0.2) is 5.96 Å². The van der Waals surface area contributed by atoms with E-state index in [1.165, 1.54) is 15.3 Å². The van der Waals surface area contributed by atoms with Crippen LogP contribution in [0.15, 0.2) is 11.1 Å². The van der Waals surface area contributed by atoms with E-state index in [2.05, 4.69) is 24.9 Å². The number of aliphatic imine (C=N–C) groups is 1. The molecule has 0 amide bonds. The maximum absolute atomic E-state index is 5.23. The van der Waals surface area contributed by atoms with E-state index in [0.717, 1.165) is 0 Å². The Morgan fingerprint density at radius 2 is 2.17 bits per heavy atom. The Balaban J connectivity index is 2.75. The number of hydrogen-bond acceptors (Lipinski definition) is 2. The molecule has 1 heterocycles. The van der Waals surface area contributed by atoms with Crippen LogP contribution < -0.4 is 11.5 Å². The molecule has 66 valence electrons. The Hall–Kier alpha value is -1.03. The standard InChI is InChI=1S/C8H13N3S/c1-5-3-7(6(2)12-5)4-11-8(9)10/h3H,4H2,1-2H3,(H4,9,10,11). The van der Waals surface area contributed by atoms with E-state index < -0.39 is 0 Å². The predicted molar refractivity (Wildman–Crippen MR) is 53.3 cm³/mol. The van der Waals surface area contributed by atoms with Gasteiger partial charge in [0.2, 0.25) is 0 Å². The minimum Gasteiger partial charge on any atom is -0.370 e. The maximum Gasteiger partial charge on any atom is 0.186 e. The van der Waals surface area contributed by atoms with Crippen LogP contribution in [0.5, 0.6) is 0 Å². The van der Waals surface area contributed by atoms with Crippen molar-refractivity contribution < 1.29 is 0 Å². The second-order valence-electron chi connectivity index (χ2n) is 2.68. The van der Waals surface area contributed by atoms with E-state index in [0.29, 0.717) is 6.54 Å². The SMILES string of the molecule is Cc1cc(CN=C(N)N)c(C)s1. The van der Waals surface area contributed by atoms with E-state index in [4.69, 9.17) is 11.5 Å². The maximum atomic E-state index is 5.23. The molecule has 0 radical (unpaired) electrons. The highest BCUT2D eigenvalue weighted by atomic mass is 32.1. The molecule has 4 N–H and O–H groups in total. The molecule has 1 aromatic heterocycles. The van der Waals surface area contributed by atoms with Gasteiger partial charge in [-0.1, -0.05) is 0 Å². The van der Waals surface area contributed by atoms with Gasteiger partial charge in [0, 0.05) is 9.75 Å². The van der Waals surface area contributed by atoms with Gasteiger partial charge in [-0.15, -0.1) is 11.3 Å². The summed E-state index contributed by atoms with van der Waals surface area (Å²) in [5.74, 6) is 0.151. The Labute approximate surface area is 76.1 Å². The molecule has 1 rings (SSSR count). The lowest BCUT2D eigenvalue weighted by Gasteiger charge is -1.93. The molecule has 0 spiro atoms. The summed E-state index contributed by atoms with van der Waals surface area (Å²) in [4.78, 5) is 6.54. The largest absolute Gasteiger partial charge is 0.370 e. The summed E-state index contributed by atoms with van der Waals surface area (Å²) in [5.41, 5.74) is 11.7. The summed E-state index contributed by atoms with van der Waals surface area (Å²) in [7, 11) is 0. The summed E-state index contributed by atoms with van der Waals surface area (Å²) < 4.78 is 0. The number of nitrogens with zero attached hydrogens (tertiary/aromatic N) is 1. The first kappa shape index (κ1) is 9.06. The highest BCUT2D eigenvalue weighted by molar-refractivity contribution is 7.12. The first-order chi connectivity index (χ1) is 5.59. The molecule has 12 heavy (non-hydrogen) atoms. The minimum absolute atomic E-state index is 0.151. The first-order valence-corrected chi connectivity index (χ1v) is 4.52. The molecule has 0 aromatic carbocycles. The van der Waals surface area contributed by atoms with Crippen molar-refractivity contribution in [2.24, 2.45) is 16.5 Å². The predicted octanol–water partition coefficient (Wildman–Crippen LogP) is 1.14. The lowest BCUT2D eigenvalue weighted by Crippen LogP contribution is -2.22. The van der Waals surface area contributed by atoms with Crippen LogP contribution >= 0.6 is 11.3 Å². The normalized spacial score (nSPS) is 9.83. The zero-order valence-electron chi connectivity index (χ0n) is 7.29. The number of thiophene rings is 1. The third-order valence-corrected chi connectivity index (χ3v) is 2.58. The average Bonchev–Trinajstić information content (AvgIpc) is 2.26. The van der Waals surface area contributed by atoms with E-state index in [9.17, 15) is 0 Å². The molecule has 4 heteroatoms. The van der Waals surface area contributed by atoms with Crippen molar-refractivity contribution in [3.63, 3.8) is 0 Å². The van der Waals surface area contributed by atoms with Crippen molar-refractivity contribution >= 4 is 17.3 Å². The van der Waals surface area contributed by atoms with Crippen LogP contribution in [0.3, 0.4) is 0 Å². The minimum atomic E-state index is 0.151. The molecule has 0 fully saturated rings. The Morgan fingerprint density at radius 3 is 2.58 bits per heavy atom. The number of rotatable bonds is 2. The molecular weight excluding hydrogens is 170 g/mol. The van der Waals surface area contributed by atoms with Crippen molar-refractivity contribution in [1.29, 1.82) is 0 Å². The van der Waals surface area contributed by atoms with Gasteiger partial charge >= 0.3 is 0 Å². The number of aryl methyl sites for hydroxylation is 2. The second-order valence-corrected chi connectivity index (χ2v) is 4.14. The zero-order chi connectivity index (χ0) is 9.14. The van der Waals surface area contributed by atoms with Gasteiger partial charge in [-0.05, 0) is 25.5 Å². The van der Waals surface area contributed by atoms with Gasteiger partial charge in [-0.2, -0.15) is 0 Å². The van der Waals surface area contributed by atoms with Crippen LogP contribution in [0.2, 0.25) is 0 Å². The van der Waals surface area contributed by atoms with E-state index in [1.807, 2.05) is 0 Å². The van der Waals surface area contributed by atoms with E-state index in [1.54, 1.807) is 11.3 Å². The topological polar surface area (TPSA) is 64.4 Å². The molecule has 0 aliphatic carbocycles. The highest BCUT2D eigenvalue weighted by Crippen LogP contribution is 2.20. The van der Waals surface area contributed by atoms with Crippen LogP contribution in [0.4, 0.5) is 0 Å². The summed E-state index contributed by atoms with van der Waals surface area (Å²) in [5, 5.41) is 0. The summed E-state index contributed by atoms with van der Waals surface area (Å²) in [6, 6.07) is 2.12. The van der Waals surface area contributed by atoms with Gasteiger partial charge in [0.25, 0.3) is 0 Å². The monoisotopic (exact) mass is 183 g/mol. The van der Waals surface area contributed by atoms with Crippen LogP contribution in [0.25, 0.3) is 0 Å². The zero-order valence-corrected chi connectivity index (χ0v) is 8.11. The third kappa shape index (κ3) is 2.23. The fourth-order valence-corrected chi connectivity index (χ4v) is 1.96. The molecule has 3 nitrogen and oxygen atoms in total. The van der Waals surface area contributed by atoms with Crippen molar-refractivity contribution in [1.82, 2.24) is 0 Å². The summed E-state index contributed by atoms with van der Waals surface area (Å²) in [6.45, 7) is 4.75. The van der Waals surface area contributed by atoms with Crippen molar-refractivity contribution in [3.05, 3.63) is 21.4 Å². The van der Waals surface area contributed by atoms with Crippen LogP contribution in [-0.2, 0) is 6.54 Å². The number of nitrogens with two attached hydrogens (primary N) is 2. The van der Waals surface area contributed by atoms with E-state index in [-0.39, 0.29) is 5.96 Å². The van der Waals surface area contributed by atoms with Crippen LogP contribution in [0, 0.1) is 13.8 Å². The Kier molecular flexibility index (Phi) is 2.70. The fourth-order valence-electron chi connectivity index (χ4n) is 1.02. The highest BCUT2D eigenvalue weighted by Gasteiger charge is 2.00. The van der Waals surface area contributed by atoms with Gasteiger partial charge in [-0.3, -0.25) is 0 Å². The number of guanidine groups is 1. The average molecular weight is 183 g/mol. The molecule has 0 saturated carbocycles. The van der Waals surface area contributed by atoms with Gasteiger partial charge < -0.3 is 11.5 Å². The van der Waals surface area contributed by atoms with Gasteiger partial charge in [-0.25, -0.2) is 4.99 Å². The summed E-state index contributed by atoms with van der Waals surface area (Å²) >= 11 is 1.77. The van der Waals surface area contributed by atoms with Crippen molar-refractivity contribution in [3.8, 4) is 0 Å². The molecular formula is C8H13N3S. The molecule has 0 bridgehead atoms. The lowest BCUT2D eigenvalue weighted by atomic mass is 10.2. The lowest BCUT2D eigenvalue weighted by molar-refractivity contribution is 1.05. The molecule has 0 unspecified atom stereocenters. The molecule has 0 saturated heterocycles. The smallest absolute Gasteiger partial charge is 0.186 e. The van der Waals surface area contributed by atoms with Gasteiger partial charge in [0.1, 0.15) is 0 Å². The fraction of sp³-hybridized carbons (Fsp3) is 0.375. The molecule has 0 aliphatic rings. The molecule has 0 aliphatic heterocycles. The Bertz CT molecular complexity index is 297. The molecule has 0 atom stereocenters. The summed E-state index contributed by atoms with van der Waals surface area (Å²) in [6.07, 6.45) is 0. The first-order valence-electron chi connectivity index (χ1n) is 3.71. The van der Waals surface area contributed by atoms with E-state index >= 15 is 0 Å². The second kappa shape index (κ2) is 3.58. The van der Waals surface area contributed by atoms with Gasteiger partial charge in [0.15, 0.2) is 5.96 Å². The van der Waals surface area contributed by atoms with Crippen LogP contribution in [0.1, 0.15) is 15.3 Å². The third-order valence-electron chi connectivity index (χ3n) is 1.58. The Morgan fingerprint density at radius 1 is 1.50 bits per heavy atom. The van der Waals surface area contributed by atoms with Gasteiger partial charge in [0.05, 0.1) is 6.54 Å².